The van der Waals surface area contributed by atoms with E-state index < -0.39 is 6.17 Å². The van der Waals surface area contributed by atoms with Crippen LogP contribution in [0.3, 0.4) is 0 Å². The Balaban J connectivity index is 1.76. The lowest BCUT2D eigenvalue weighted by molar-refractivity contribution is 0.0953. The standard InChI is InChI=1S/C23H30FN3O/c1-3-14-25-23(28)19-9-11-21(12-10-19)26(2)22(18-7-5-4-6-8-18)17-27-15-13-20(24)16-27/h4-12,20,22H,3,13-17H2,1-2H3,(H,25,28)/t20-,22+/m0/s1. The summed E-state index contributed by atoms with van der Waals surface area (Å²) in [7, 11) is 2.06. The fourth-order valence-corrected chi connectivity index (χ4v) is 3.69. The normalized spacial score (nSPS) is 18.0. The number of amides is 1. The lowest BCUT2D eigenvalue weighted by Crippen LogP contribution is -2.35. The molecule has 1 amide bonds. The maximum Gasteiger partial charge on any atom is 0.251 e. The molecule has 2 aromatic rings. The maximum atomic E-state index is 13.7. The molecule has 0 bridgehead atoms. The second-order valence-corrected chi connectivity index (χ2v) is 7.49. The van der Waals surface area contributed by atoms with Crippen LogP contribution in [0.2, 0.25) is 0 Å². The third-order valence-electron chi connectivity index (χ3n) is 5.37. The number of anilines is 1. The van der Waals surface area contributed by atoms with Crippen molar-refractivity contribution in [1.82, 2.24) is 10.2 Å². The Labute approximate surface area is 167 Å². The number of nitrogens with one attached hydrogen (secondary N) is 1. The number of likely N-dealkylation sites (N-methyl/N-ethyl adjacent to an activating group) is 1. The van der Waals surface area contributed by atoms with Gasteiger partial charge in [-0.3, -0.25) is 9.69 Å². The summed E-state index contributed by atoms with van der Waals surface area (Å²) in [4.78, 5) is 16.6. The number of benzene rings is 2. The van der Waals surface area contributed by atoms with Gasteiger partial charge in [0, 0.05) is 44.5 Å². The predicted molar refractivity (Wildman–Crippen MR) is 113 cm³/mol. The molecule has 1 aliphatic heterocycles. The van der Waals surface area contributed by atoms with E-state index >= 15 is 0 Å². The van der Waals surface area contributed by atoms with Crippen LogP contribution in [0.15, 0.2) is 54.6 Å². The number of likely N-dealkylation sites (tertiary alicyclic amines) is 1. The highest BCUT2D eigenvalue weighted by atomic mass is 19.1. The molecule has 0 unspecified atom stereocenters. The SMILES string of the molecule is CCCNC(=O)c1ccc(N(C)[C@H](CN2CC[C@H](F)C2)c2ccccc2)cc1. The summed E-state index contributed by atoms with van der Waals surface area (Å²) >= 11 is 0. The predicted octanol–water partition coefficient (Wildman–Crippen LogP) is 4.05. The number of rotatable bonds is 8. The van der Waals surface area contributed by atoms with E-state index in [4.69, 9.17) is 0 Å². The van der Waals surface area contributed by atoms with Gasteiger partial charge in [-0.05, 0) is 42.7 Å². The van der Waals surface area contributed by atoms with Crippen LogP contribution >= 0.6 is 0 Å². The van der Waals surface area contributed by atoms with Gasteiger partial charge in [0.2, 0.25) is 0 Å². The molecule has 1 heterocycles. The van der Waals surface area contributed by atoms with Crippen LogP contribution in [-0.4, -0.2) is 50.2 Å². The van der Waals surface area contributed by atoms with Crippen LogP contribution in [0.4, 0.5) is 10.1 Å². The smallest absolute Gasteiger partial charge is 0.251 e. The van der Waals surface area contributed by atoms with E-state index in [-0.39, 0.29) is 11.9 Å². The highest BCUT2D eigenvalue weighted by Crippen LogP contribution is 2.28. The topological polar surface area (TPSA) is 35.6 Å². The van der Waals surface area contributed by atoms with Crippen molar-refractivity contribution in [2.24, 2.45) is 0 Å². The van der Waals surface area contributed by atoms with Crippen LogP contribution < -0.4 is 10.2 Å². The number of nitrogens with zero attached hydrogens (tertiary/aromatic N) is 2. The molecule has 1 fully saturated rings. The van der Waals surface area contributed by atoms with Gasteiger partial charge in [0.15, 0.2) is 0 Å². The van der Waals surface area contributed by atoms with E-state index in [1.165, 1.54) is 5.56 Å². The molecule has 0 radical (unpaired) electrons. The van der Waals surface area contributed by atoms with Gasteiger partial charge >= 0.3 is 0 Å². The Kier molecular flexibility index (Phi) is 7.04. The minimum Gasteiger partial charge on any atom is -0.366 e. The Morgan fingerprint density at radius 1 is 1.21 bits per heavy atom. The first-order chi connectivity index (χ1) is 13.6. The Morgan fingerprint density at radius 2 is 1.93 bits per heavy atom. The number of carbonyl (C=O) groups is 1. The summed E-state index contributed by atoms with van der Waals surface area (Å²) in [5.41, 5.74) is 2.91. The molecule has 4 nitrogen and oxygen atoms in total. The lowest BCUT2D eigenvalue weighted by atomic mass is 10.0. The molecule has 1 aliphatic rings. The third-order valence-corrected chi connectivity index (χ3v) is 5.37. The van der Waals surface area contributed by atoms with E-state index in [1.807, 2.05) is 49.4 Å². The number of halogens is 1. The molecule has 150 valence electrons. The van der Waals surface area contributed by atoms with Crippen molar-refractivity contribution in [2.45, 2.75) is 32.0 Å². The molecule has 3 rings (SSSR count). The molecular formula is C23H30FN3O. The number of hydrogen-bond acceptors (Lipinski definition) is 3. The van der Waals surface area contributed by atoms with Gasteiger partial charge < -0.3 is 10.2 Å². The lowest BCUT2D eigenvalue weighted by Gasteiger charge is -2.33. The molecule has 0 aromatic heterocycles. The summed E-state index contributed by atoms with van der Waals surface area (Å²) in [5.74, 6) is -0.0401. The van der Waals surface area contributed by atoms with Crippen molar-refractivity contribution in [3.8, 4) is 0 Å². The quantitative estimate of drug-likeness (QED) is 0.747. The van der Waals surface area contributed by atoms with Gasteiger partial charge in [-0.2, -0.15) is 0 Å². The first kappa shape index (κ1) is 20.3. The van der Waals surface area contributed by atoms with Gasteiger partial charge in [-0.15, -0.1) is 0 Å². The summed E-state index contributed by atoms with van der Waals surface area (Å²) in [6.45, 7) is 4.80. The van der Waals surface area contributed by atoms with Crippen molar-refractivity contribution >= 4 is 11.6 Å². The molecule has 28 heavy (non-hydrogen) atoms. The molecule has 5 heteroatoms. The Bertz CT molecular complexity index is 750. The molecule has 2 atom stereocenters. The second kappa shape index (κ2) is 9.69. The van der Waals surface area contributed by atoms with Crippen molar-refractivity contribution in [1.29, 1.82) is 0 Å². The second-order valence-electron chi connectivity index (χ2n) is 7.49. The van der Waals surface area contributed by atoms with Crippen molar-refractivity contribution in [3.63, 3.8) is 0 Å². The van der Waals surface area contributed by atoms with Crippen LogP contribution in [0.25, 0.3) is 0 Å². The zero-order valence-corrected chi connectivity index (χ0v) is 16.8. The number of carbonyl (C=O) groups excluding carboxylic acids is 1. The van der Waals surface area contributed by atoms with Gasteiger partial charge in [0.25, 0.3) is 5.91 Å². The number of alkyl halides is 1. The molecule has 1 N–H and O–H groups in total. The summed E-state index contributed by atoms with van der Waals surface area (Å²) in [6.07, 6.45) is 0.816. The first-order valence-electron chi connectivity index (χ1n) is 10.1. The van der Waals surface area contributed by atoms with Crippen LogP contribution in [0.5, 0.6) is 0 Å². The summed E-state index contributed by atoms with van der Waals surface area (Å²) in [6, 6.07) is 18.2. The Morgan fingerprint density at radius 3 is 2.54 bits per heavy atom. The minimum atomic E-state index is -0.720. The minimum absolute atomic E-state index is 0.0401. The molecule has 0 saturated carbocycles. The molecule has 1 saturated heterocycles. The van der Waals surface area contributed by atoms with E-state index in [1.54, 1.807) is 0 Å². The van der Waals surface area contributed by atoms with Crippen LogP contribution in [-0.2, 0) is 0 Å². The molecule has 0 spiro atoms. The van der Waals surface area contributed by atoms with Gasteiger partial charge in [0.05, 0.1) is 6.04 Å². The van der Waals surface area contributed by atoms with Gasteiger partial charge in [0.1, 0.15) is 6.17 Å². The van der Waals surface area contributed by atoms with E-state index in [0.29, 0.717) is 25.1 Å². The van der Waals surface area contributed by atoms with Gasteiger partial charge in [-0.1, -0.05) is 37.3 Å². The van der Waals surface area contributed by atoms with Crippen molar-refractivity contribution < 1.29 is 9.18 Å². The van der Waals surface area contributed by atoms with Crippen LogP contribution in [0.1, 0.15) is 41.7 Å². The molecule has 2 aromatic carbocycles. The zero-order valence-electron chi connectivity index (χ0n) is 16.8. The monoisotopic (exact) mass is 383 g/mol. The van der Waals surface area contributed by atoms with E-state index in [2.05, 4.69) is 34.3 Å². The third kappa shape index (κ3) is 5.10. The van der Waals surface area contributed by atoms with Gasteiger partial charge in [-0.25, -0.2) is 4.39 Å². The zero-order chi connectivity index (χ0) is 19.9. The summed E-state index contributed by atoms with van der Waals surface area (Å²) in [5, 5.41) is 2.90. The first-order valence-corrected chi connectivity index (χ1v) is 10.1. The largest absolute Gasteiger partial charge is 0.366 e. The highest BCUT2D eigenvalue weighted by molar-refractivity contribution is 5.94. The van der Waals surface area contributed by atoms with E-state index in [9.17, 15) is 9.18 Å². The molecule has 0 aliphatic carbocycles. The fraction of sp³-hybridized carbons (Fsp3) is 0.435. The van der Waals surface area contributed by atoms with E-state index in [0.717, 1.165) is 25.2 Å². The Hall–Kier alpha value is -2.40. The average Bonchev–Trinajstić information content (AvgIpc) is 3.15. The summed E-state index contributed by atoms with van der Waals surface area (Å²) < 4.78 is 13.7. The van der Waals surface area contributed by atoms with Crippen molar-refractivity contribution in [2.75, 3.05) is 38.1 Å². The van der Waals surface area contributed by atoms with Crippen molar-refractivity contribution in [3.05, 3.63) is 65.7 Å². The average molecular weight is 384 g/mol. The number of hydrogen-bond donors (Lipinski definition) is 1. The molecular weight excluding hydrogens is 353 g/mol. The maximum absolute atomic E-state index is 13.7. The van der Waals surface area contributed by atoms with Crippen LogP contribution in [0, 0.1) is 0 Å². The highest BCUT2D eigenvalue weighted by Gasteiger charge is 2.27. The fourth-order valence-electron chi connectivity index (χ4n) is 3.69.